The number of methoxy groups -OCH3 is 1. The van der Waals surface area contributed by atoms with E-state index in [-0.39, 0.29) is 24.3 Å². The summed E-state index contributed by atoms with van der Waals surface area (Å²) >= 11 is 0. The minimum absolute atomic E-state index is 0.0227. The molecule has 29 heavy (non-hydrogen) atoms. The van der Waals surface area contributed by atoms with Gasteiger partial charge in [-0.25, -0.2) is 0 Å². The second-order valence-electron chi connectivity index (χ2n) is 7.62. The molecule has 0 radical (unpaired) electrons. The zero-order valence-corrected chi connectivity index (χ0v) is 18.1. The van der Waals surface area contributed by atoms with Gasteiger partial charge < -0.3 is 15.0 Å². The first-order valence-electron chi connectivity index (χ1n) is 10.1. The largest absolute Gasteiger partial charge is 0.497 e. The molecule has 1 N–H and O–H groups in total. The van der Waals surface area contributed by atoms with Gasteiger partial charge in [-0.1, -0.05) is 48.9 Å². The molecule has 5 nitrogen and oxygen atoms in total. The first-order chi connectivity index (χ1) is 13.8. The summed E-state index contributed by atoms with van der Waals surface area (Å²) in [6.45, 7) is 8.22. The standard InChI is InChI=1S/C24H32N2O3/c1-6-22(24(28)25-17(2)3)26(16-20-9-7-18(4)8-10-20)23(27)15-19-11-13-21(29-5)14-12-19/h7-14,17,22H,6,15-16H2,1-5H3,(H,25,28). The zero-order chi connectivity index (χ0) is 21.4. The van der Waals surface area contributed by atoms with Crippen LogP contribution in [0.2, 0.25) is 0 Å². The quantitative estimate of drug-likeness (QED) is 0.700. The minimum Gasteiger partial charge on any atom is -0.497 e. The monoisotopic (exact) mass is 396 g/mol. The van der Waals surface area contributed by atoms with E-state index < -0.39 is 6.04 Å². The number of nitrogens with one attached hydrogen (secondary N) is 1. The fourth-order valence-corrected chi connectivity index (χ4v) is 3.21. The predicted octanol–water partition coefficient (Wildman–Crippen LogP) is 3.88. The molecule has 156 valence electrons. The van der Waals surface area contributed by atoms with Gasteiger partial charge in [0.15, 0.2) is 0 Å². The molecule has 0 fully saturated rings. The lowest BCUT2D eigenvalue weighted by atomic mass is 10.1. The van der Waals surface area contributed by atoms with Crippen LogP contribution in [-0.2, 0) is 22.6 Å². The summed E-state index contributed by atoms with van der Waals surface area (Å²) in [5.74, 6) is 0.569. The molecule has 2 amide bonds. The van der Waals surface area contributed by atoms with Crippen LogP contribution in [0.5, 0.6) is 5.75 Å². The van der Waals surface area contributed by atoms with E-state index in [9.17, 15) is 9.59 Å². The summed E-state index contributed by atoms with van der Waals surface area (Å²) in [6, 6.07) is 15.0. The first-order valence-corrected chi connectivity index (χ1v) is 10.1. The molecule has 2 rings (SSSR count). The number of carbonyl (C=O) groups excluding carboxylic acids is 2. The highest BCUT2D eigenvalue weighted by molar-refractivity contribution is 5.88. The Hall–Kier alpha value is -2.82. The van der Waals surface area contributed by atoms with Gasteiger partial charge in [-0.3, -0.25) is 9.59 Å². The summed E-state index contributed by atoms with van der Waals surface area (Å²) in [5, 5.41) is 2.95. The van der Waals surface area contributed by atoms with Gasteiger partial charge in [0.05, 0.1) is 13.5 Å². The molecular formula is C24H32N2O3. The Bertz CT molecular complexity index is 798. The molecule has 1 atom stereocenters. The molecule has 0 aliphatic heterocycles. The SMILES string of the molecule is CCC(C(=O)NC(C)C)N(Cc1ccc(C)cc1)C(=O)Cc1ccc(OC)cc1. The van der Waals surface area contributed by atoms with Crippen LogP contribution >= 0.6 is 0 Å². The van der Waals surface area contributed by atoms with Gasteiger partial charge in [0.1, 0.15) is 11.8 Å². The molecule has 0 heterocycles. The van der Waals surface area contributed by atoms with Crippen LogP contribution in [0, 0.1) is 6.92 Å². The van der Waals surface area contributed by atoms with Crippen molar-refractivity contribution in [2.75, 3.05) is 7.11 Å². The molecular weight excluding hydrogens is 364 g/mol. The average molecular weight is 397 g/mol. The highest BCUT2D eigenvalue weighted by atomic mass is 16.5. The Morgan fingerprint density at radius 2 is 1.59 bits per heavy atom. The molecule has 0 aliphatic rings. The van der Waals surface area contributed by atoms with Crippen LogP contribution in [0.4, 0.5) is 0 Å². The van der Waals surface area contributed by atoms with Crippen molar-refractivity contribution in [2.24, 2.45) is 0 Å². The Labute approximate surface area is 174 Å². The van der Waals surface area contributed by atoms with Crippen LogP contribution in [-0.4, -0.2) is 35.9 Å². The van der Waals surface area contributed by atoms with Crippen molar-refractivity contribution in [3.63, 3.8) is 0 Å². The second kappa shape index (κ2) is 10.6. The number of ether oxygens (including phenoxy) is 1. The van der Waals surface area contributed by atoms with E-state index in [1.165, 1.54) is 0 Å². The summed E-state index contributed by atoms with van der Waals surface area (Å²) in [4.78, 5) is 27.7. The predicted molar refractivity (Wildman–Crippen MR) is 116 cm³/mol. The lowest BCUT2D eigenvalue weighted by molar-refractivity contribution is -0.141. The van der Waals surface area contributed by atoms with Crippen molar-refractivity contribution in [1.29, 1.82) is 0 Å². The third-order valence-electron chi connectivity index (χ3n) is 4.80. The normalized spacial score (nSPS) is 11.8. The van der Waals surface area contributed by atoms with Crippen molar-refractivity contribution >= 4 is 11.8 Å². The molecule has 2 aromatic carbocycles. The molecule has 0 aromatic heterocycles. The van der Waals surface area contributed by atoms with Gasteiger partial charge in [0.25, 0.3) is 0 Å². The third-order valence-corrected chi connectivity index (χ3v) is 4.80. The van der Waals surface area contributed by atoms with Gasteiger partial charge in [0, 0.05) is 12.6 Å². The highest BCUT2D eigenvalue weighted by Crippen LogP contribution is 2.17. The van der Waals surface area contributed by atoms with Gasteiger partial charge in [-0.05, 0) is 50.5 Å². The fourth-order valence-electron chi connectivity index (χ4n) is 3.21. The average Bonchev–Trinajstić information content (AvgIpc) is 2.69. The number of aryl methyl sites for hydroxylation is 1. The van der Waals surface area contributed by atoms with Crippen LogP contribution in [0.15, 0.2) is 48.5 Å². The van der Waals surface area contributed by atoms with Crippen molar-refractivity contribution < 1.29 is 14.3 Å². The summed E-state index contributed by atoms with van der Waals surface area (Å²) < 4.78 is 5.19. The van der Waals surface area contributed by atoms with Crippen molar-refractivity contribution in [3.8, 4) is 5.75 Å². The topological polar surface area (TPSA) is 58.6 Å². The van der Waals surface area contributed by atoms with Gasteiger partial charge in [-0.15, -0.1) is 0 Å². The number of benzene rings is 2. The van der Waals surface area contributed by atoms with E-state index in [2.05, 4.69) is 5.32 Å². The molecule has 1 unspecified atom stereocenters. The lowest BCUT2D eigenvalue weighted by Crippen LogP contribution is -2.50. The van der Waals surface area contributed by atoms with Crippen LogP contribution < -0.4 is 10.1 Å². The Kier molecular flexibility index (Phi) is 8.25. The number of rotatable bonds is 9. The molecule has 0 aliphatic carbocycles. The summed E-state index contributed by atoms with van der Waals surface area (Å²) in [6.07, 6.45) is 0.792. The molecule has 0 spiro atoms. The molecule has 2 aromatic rings. The van der Waals surface area contributed by atoms with Gasteiger partial charge in [-0.2, -0.15) is 0 Å². The first kappa shape index (κ1) is 22.5. The van der Waals surface area contributed by atoms with Crippen LogP contribution in [0.1, 0.15) is 43.9 Å². The van der Waals surface area contributed by atoms with Crippen LogP contribution in [0.3, 0.4) is 0 Å². The second-order valence-corrected chi connectivity index (χ2v) is 7.62. The minimum atomic E-state index is -0.510. The van der Waals surface area contributed by atoms with Crippen molar-refractivity contribution in [2.45, 2.75) is 59.2 Å². The summed E-state index contributed by atoms with van der Waals surface area (Å²) in [5.41, 5.74) is 3.06. The fraction of sp³-hybridized carbons (Fsp3) is 0.417. The molecule has 5 heteroatoms. The number of hydrogen-bond acceptors (Lipinski definition) is 3. The van der Waals surface area contributed by atoms with E-state index in [0.29, 0.717) is 13.0 Å². The van der Waals surface area contributed by atoms with E-state index in [4.69, 9.17) is 4.74 Å². The Morgan fingerprint density at radius 1 is 1.00 bits per heavy atom. The van der Waals surface area contributed by atoms with Gasteiger partial charge >= 0.3 is 0 Å². The van der Waals surface area contributed by atoms with E-state index in [1.807, 2.05) is 76.2 Å². The number of amides is 2. The maximum absolute atomic E-state index is 13.2. The van der Waals surface area contributed by atoms with Gasteiger partial charge in [0.2, 0.25) is 11.8 Å². The van der Waals surface area contributed by atoms with Crippen molar-refractivity contribution in [3.05, 3.63) is 65.2 Å². The van der Waals surface area contributed by atoms with E-state index in [1.54, 1.807) is 12.0 Å². The summed E-state index contributed by atoms with van der Waals surface area (Å²) in [7, 11) is 1.61. The van der Waals surface area contributed by atoms with E-state index in [0.717, 1.165) is 22.4 Å². The maximum atomic E-state index is 13.2. The highest BCUT2D eigenvalue weighted by Gasteiger charge is 2.28. The smallest absolute Gasteiger partial charge is 0.243 e. The van der Waals surface area contributed by atoms with E-state index >= 15 is 0 Å². The maximum Gasteiger partial charge on any atom is 0.243 e. The third kappa shape index (κ3) is 6.63. The number of hydrogen-bond donors (Lipinski definition) is 1. The number of nitrogens with zero attached hydrogens (tertiary/aromatic N) is 1. The number of carbonyl (C=O) groups is 2. The van der Waals surface area contributed by atoms with Crippen LogP contribution in [0.25, 0.3) is 0 Å². The molecule has 0 bridgehead atoms. The lowest BCUT2D eigenvalue weighted by Gasteiger charge is -2.31. The van der Waals surface area contributed by atoms with Crippen molar-refractivity contribution in [1.82, 2.24) is 10.2 Å². The Morgan fingerprint density at radius 3 is 2.10 bits per heavy atom. The zero-order valence-electron chi connectivity index (χ0n) is 18.1. The Balaban J connectivity index is 2.26. The molecule has 0 saturated heterocycles. The molecule has 0 saturated carbocycles.